The van der Waals surface area contributed by atoms with Gasteiger partial charge in [-0.2, -0.15) is 0 Å². The quantitative estimate of drug-likeness (QED) is 0.721. The first-order valence-corrected chi connectivity index (χ1v) is 6.07. The van der Waals surface area contributed by atoms with Crippen molar-refractivity contribution < 1.29 is 4.74 Å². The lowest BCUT2D eigenvalue weighted by atomic mass is 9.92. The van der Waals surface area contributed by atoms with Gasteiger partial charge in [-0.05, 0) is 50.8 Å². The number of rotatable bonds is 0. The first-order chi connectivity index (χ1) is 7.49. The highest BCUT2D eigenvalue weighted by atomic mass is 16.5. The normalized spacial score (nSPS) is 20.0. The Bertz CT molecular complexity index is 433. The van der Waals surface area contributed by atoms with Gasteiger partial charge in [0.1, 0.15) is 11.4 Å². The van der Waals surface area contributed by atoms with E-state index < -0.39 is 0 Å². The fourth-order valence-corrected chi connectivity index (χ4v) is 3.05. The number of hydrogen-bond acceptors (Lipinski definition) is 2. The van der Waals surface area contributed by atoms with Crippen molar-refractivity contribution in [3.63, 3.8) is 0 Å². The molecule has 0 atom stereocenters. The predicted molar refractivity (Wildman–Crippen MR) is 66.5 cm³/mol. The van der Waals surface area contributed by atoms with Gasteiger partial charge in [0.2, 0.25) is 0 Å². The minimum atomic E-state index is -0.0348. The van der Waals surface area contributed by atoms with Crippen LogP contribution in [0.25, 0.3) is 0 Å². The summed E-state index contributed by atoms with van der Waals surface area (Å²) in [6, 6.07) is 0. The second-order valence-corrected chi connectivity index (χ2v) is 5.63. The van der Waals surface area contributed by atoms with Gasteiger partial charge < -0.3 is 10.1 Å². The molecule has 86 valence electrons. The first-order valence-electron chi connectivity index (χ1n) is 6.07. The van der Waals surface area contributed by atoms with E-state index in [-0.39, 0.29) is 5.60 Å². The van der Waals surface area contributed by atoms with Crippen LogP contribution in [0.2, 0.25) is 0 Å². The lowest BCUT2D eigenvalue weighted by Crippen LogP contribution is -2.25. The summed E-state index contributed by atoms with van der Waals surface area (Å²) in [6.45, 7) is 9.84. The minimum absolute atomic E-state index is 0.0348. The highest BCUT2D eigenvalue weighted by molar-refractivity contribution is 5.71. The molecule has 2 heterocycles. The van der Waals surface area contributed by atoms with Gasteiger partial charge in [-0.15, -0.1) is 0 Å². The van der Waals surface area contributed by atoms with Crippen LogP contribution in [0.5, 0.6) is 5.75 Å². The van der Waals surface area contributed by atoms with Crippen LogP contribution < -0.4 is 10.1 Å². The third-order valence-electron chi connectivity index (χ3n) is 3.85. The molecule has 3 rings (SSSR count). The van der Waals surface area contributed by atoms with E-state index in [0.717, 1.165) is 25.1 Å². The third kappa shape index (κ3) is 1.19. The third-order valence-corrected chi connectivity index (χ3v) is 3.85. The van der Waals surface area contributed by atoms with Gasteiger partial charge in [0, 0.05) is 24.2 Å². The monoisotopic (exact) mass is 217 g/mol. The fourth-order valence-electron chi connectivity index (χ4n) is 3.05. The Labute approximate surface area is 97.0 Å². The van der Waals surface area contributed by atoms with E-state index in [9.17, 15) is 0 Å². The van der Waals surface area contributed by atoms with E-state index in [1.54, 1.807) is 0 Å². The van der Waals surface area contributed by atoms with Crippen molar-refractivity contribution in [2.24, 2.45) is 0 Å². The Morgan fingerprint density at radius 3 is 2.62 bits per heavy atom. The van der Waals surface area contributed by atoms with Crippen molar-refractivity contribution in [3.05, 3.63) is 22.3 Å². The Morgan fingerprint density at radius 1 is 1.12 bits per heavy atom. The topological polar surface area (TPSA) is 21.3 Å². The molecule has 2 aliphatic heterocycles. The molecule has 0 unspecified atom stereocenters. The Kier molecular flexibility index (Phi) is 1.84. The molecule has 0 aliphatic carbocycles. The molecule has 0 spiro atoms. The molecule has 2 aliphatic rings. The maximum atomic E-state index is 6.10. The number of benzene rings is 1. The van der Waals surface area contributed by atoms with E-state index in [1.807, 2.05) is 0 Å². The number of ether oxygens (including phenoxy) is 1. The van der Waals surface area contributed by atoms with Crippen LogP contribution >= 0.6 is 0 Å². The van der Waals surface area contributed by atoms with Crippen molar-refractivity contribution >= 4 is 5.69 Å². The summed E-state index contributed by atoms with van der Waals surface area (Å²) in [6.07, 6.45) is 2.17. The average molecular weight is 217 g/mol. The van der Waals surface area contributed by atoms with Crippen molar-refractivity contribution in [2.45, 2.75) is 46.1 Å². The predicted octanol–water partition coefficient (Wildman–Crippen LogP) is 2.98. The zero-order valence-electron chi connectivity index (χ0n) is 10.5. The molecule has 0 aromatic heterocycles. The standard InChI is InChI=1S/C14H19NO/c1-8-11-7-14(3,4)16-13(11)9(2)10-5-6-15-12(8)10/h15H,5-7H2,1-4H3. The summed E-state index contributed by atoms with van der Waals surface area (Å²) in [5.41, 5.74) is 6.97. The molecule has 0 fully saturated rings. The molecule has 1 aromatic rings. The van der Waals surface area contributed by atoms with Crippen molar-refractivity contribution in [1.29, 1.82) is 0 Å². The summed E-state index contributed by atoms with van der Waals surface area (Å²) in [5, 5.41) is 3.51. The van der Waals surface area contributed by atoms with Gasteiger partial charge in [0.15, 0.2) is 0 Å². The van der Waals surface area contributed by atoms with E-state index in [4.69, 9.17) is 4.74 Å². The smallest absolute Gasteiger partial charge is 0.127 e. The van der Waals surface area contributed by atoms with Crippen LogP contribution in [0.3, 0.4) is 0 Å². The molecule has 1 aromatic carbocycles. The van der Waals surface area contributed by atoms with Gasteiger partial charge in [0.25, 0.3) is 0 Å². The van der Waals surface area contributed by atoms with Gasteiger partial charge >= 0.3 is 0 Å². The molecule has 0 saturated carbocycles. The number of nitrogens with one attached hydrogen (secondary N) is 1. The van der Waals surface area contributed by atoms with Crippen LogP contribution in [-0.4, -0.2) is 12.1 Å². The Balaban J connectivity index is 2.25. The summed E-state index contributed by atoms with van der Waals surface area (Å²) in [4.78, 5) is 0. The summed E-state index contributed by atoms with van der Waals surface area (Å²) in [5.74, 6) is 1.16. The summed E-state index contributed by atoms with van der Waals surface area (Å²) >= 11 is 0. The highest BCUT2D eigenvalue weighted by Crippen LogP contribution is 2.45. The Hall–Kier alpha value is -1.18. The van der Waals surface area contributed by atoms with E-state index in [1.165, 1.54) is 27.9 Å². The zero-order chi connectivity index (χ0) is 11.5. The van der Waals surface area contributed by atoms with E-state index >= 15 is 0 Å². The first kappa shape index (κ1) is 10.0. The van der Waals surface area contributed by atoms with Crippen LogP contribution in [0.1, 0.15) is 36.1 Å². The Morgan fingerprint density at radius 2 is 1.88 bits per heavy atom. The molecule has 0 saturated heterocycles. The van der Waals surface area contributed by atoms with Crippen LogP contribution in [0.4, 0.5) is 5.69 Å². The summed E-state index contributed by atoms with van der Waals surface area (Å²) < 4.78 is 6.10. The van der Waals surface area contributed by atoms with Crippen molar-refractivity contribution in [3.8, 4) is 5.75 Å². The van der Waals surface area contributed by atoms with Crippen LogP contribution in [0.15, 0.2) is 0 Å². The molecule has 2 nitrogen and oxygen atoms in total. The zero-order valence-corrected chi connectivity index (χ0v) is 10.5. The molecule has 0 amide bonds. The molecule has 2 heteroatoms. The molecular formula is C14H19NO. The highest BCUT2D eigenvalue weighted by Gasteiger charge is 2.35. The number of hydrogen-bond donors (Lipinski definition) is 1. The minimum Gasteiger partial charge on any atom is -0.487 e. The molecule has 0 bridgehead atoms. The molecule has 16 heavy (non-hydrogen) atoms. The maximum absolute atomic E-state index is 6.10. The molecular weight excluding hydrogens is 198 g/mol. The lowest BCUT2D eigenvalue weighted by Gasteiger charge is -2.18. The van der Waals surface area contributed by atoms with Crippen LogP contribution in [0, 0.1) is 13.8 Å². The number of anilines is 1. The van der Waals surface area contributed by atoms with Gasteiger partial charge in [-0.25, -0.2) is 0 Å². The fraction of sp³-hybridized carbons (Fsp3) is 0.571. The molecule has 1 N–H and O–H groups in total. The van der Waals surface area contributed by atoms with E-state index in [2.05, 4.69) is 33.0 Å². The second-order valence-electron chi connectivity index (χ2n) is 5.63. The van der Waals surface area contributed by atoms with E-state index in [0.29, 0.717) is 0 Å². The lowest BCUT2D eigenvalue weighted by molar-refractivity contribution is 0.137. The largest absolute Gasteiger partial charge is 0.487 e. The summed E-state index contributed by atoms with van der Waals surface area (Å²) in [7, 11) is 0. The number of fused-ring (bicyclic) bond motifs is 2. The van der Waals surface area contributed by atoms with Gasteiger partial charge in [-0.1, -0.05) is 0 Å². The second kappa shape index (κ2) is 2.93. The van der Waals surface area contributed by atoms with Gasteiger partial charge in [-0.3, -0.25) is 0 Å². The van der Waals surface area contributed by atoms with Crippen molar-refractivity contribution in [2.75, 3.05) is 11.9 Å². The van der Waals surface area contributed by atoms with Gasteiger partial charge in [0.05, 0.1) is 0 Å². The maximum Gasteiger partial charge on any atom is 0.127 e. The van der Waals surface area contributed by atoms with Crippen LogP contribution in [-0.2, 0) is 12.8 Å². The average Bonchev–Trinajstić information content (AvgIpc) is 2.78. The van der Waals surface area contributed by atoms with Crippen molar-refractivity contribution in [1.82, 2.24) is 0 Å². The molecule has 0 radical (unpaired) electrons. The SMILES string of the molecule is Cc1c2c(c(C)c3c1NCC3)OC(C)(C)C2.